The van der Waals surface area contributed by atoms with Gasteiger partial charge in [0.1, 0.15) is 11.2 Å². The summed E-state index contributed by atoms with van der Waals surface area (Å²) in [4.78, 5) is 26.1. The Kier molecular flexibility index (Phi) is 5.49. The molecule has 1 heterocycles. The fraction of sp³-hybridized carbons (Fsp3) is 0.111. The minimum absolute atomic E-state index is 0.273. The molecule has 3 rings (SSSR count). The Bertz CT molecular complexity index is 1130. The van der Waals surface area contributed by atoms with E-state index >= 15 is 0 Å². The molecule has 0 radical (unpaired) electrons. The predicted molar refractivity (Wildman–Crippen MR) is 91.4 cm³/mol. The molecule has 0 aliphatic carbocycles. The van der Waals surface area contributed by atoms with Gasteiger partial charge in [0.05, 0.1) is 10.5 Å². The first-order chi connectivity index (χ1) is 14.1. The van der Waals surface area contributed by atoms with Crippen LogP contribution in [0.2, 0.25) is 0 Å². The zero-order valence-corrected chi connectivity index (χ0v) is 14.5. The highest BCUT2D eigenvalue weighted by atomic mass is 19.4. The van der Waals surface area contributed by atoms with Crippen molar-refractivity contribution < 1.29 is 41.1 Å². The molecule has 1 aromatic heterocycles. The molecule has 0 bridgehead atoms. The zero-order chi connectivity index (χ0) is 22.1. The Morgan fingerprint density at radius 2 is 1.73 bits per heavy atom. The standard InChI is InChI=1S/C18H9F5N2O5/c19-17(20)30-13-7-5-10(9-6-8-14(18(21,22)23)24-15(9)13)16(26)29-12-4-2-1-3-11(12)25(27)28/h1-8,17H. The lowest BCUT2D eigenvalue weighted by atomic mass is 10.1. The number of hydrogen-bond donors (Lipinski definition) is 0. The Labute approximate surface area is 163 Å². The number of aromatic nitrogens is 1. The smallest absolute Gasteiger partial charge is 0.432 e. The summed E-state index contributed by atoms with van der Waals surface area (Å²) in [5, 5.41) is 10.8. The summed E-state index contributed by atoms with van der Waals surface area (Å²) >= 11 is 0. The monoisotopic (exact) mass is 428 g/mol. The van der Waals surface area contributed by atoms with E-state index in [0.717, 1.165) is 30.3 Å². The van der Waals surface area contributed by atoms with Gasteiger partial charge in [-0.15, -0.1) is 0 Å². The van der Waals surface area contributed by atoms with Crippen LogP contribution in [0, 0.1) is 10.1 Å². The number of carbonyl (C=O) groups is 1. The second-order valence-corrected chi connectivity index (χ2v) is 5.69. The van der Waals surface area contributed by atoms with Crippen LogP contribution in [-0.2, 0) is 6.18 Å². The van der Waals surface area contributed by atoms with Gasteiger partial charge in [-0.3, -0.25) is 10.1 Å². The Hall–Kier alpha value is -3.83. The SMILES string of the molecule is O=C(Oc1ccccc1[N+](=O)[O-])c1ccc(OC(F)F)c2nc(C(F)(F)F)ccc12. The van der Waals surface area contributed by atoms with Gasteiger partial charge in [-0.1, -0.05) is 12.1 Å². The van der Waals surface area contributed by atoms with Crippen molar-refractivity contribution in [2.24, 2.45) is 0 Å². The van der Waals surface area contributed by atoms with Gasteiger partial charge in [-0.2, -0.15) is 22.0 Å². The topological polar surface area (TPSA) is 91.6 Å². The number of halogens is 5. The summed E-state index contributed by atoms with van der Waals surface area (Å²) in [6.45, 7) is -3.35. The van der Waals surface area contributed by atoms with E-state index in [9.17, 15) is 36.9 Å². The number of alkyl halides is 5. The minimum Gasteiger partial charge on any atom is -0.432 e. The van der Waals surface area contributed by atoms with E-state index < -0.39 is 52.1 Å². The number of fused-ring (bicyclic) bond motifs is 1. The number of carbonyl (C=O) groups excluding carboxylic acids is 1. The predicted octanol–water partition coefficient (Wildman–Crippen LogP) is 4.98. The van der Waals surface area contributed by atoms with Crippen molar-refractivity contribution in [3.8, 4) is 11.5 Å². The summed E-state index contributed by atoms with van der Waals surface area (Å²) < 4.78 is 73.3. The van der Waals surface area contributed by atoms with Crippen LogP contribution in [0.4, 0.5) is 27.6 Å². The van der Waals surface area contributed by atoms with Gasteiger partial charge in [0.15, 0.2) is 5.75 Å². The zero-order valence-electron chi connectivity index (χ0n) is 14.5. The molecule has 0 atom stereocenters. The number of hydrogen-bond acceptors (Lipinski definition) is 6. The third kappa shape index (κ3) is 4.26. The number of esters is 1. The lowest BCUT2D eigenvalue weighted by Crippen LogP contribution is -2.13. The molecule has 0 N–H and O–H groups in total. The molecule has 7 nitrogen and oxygen atoms in total. The Balaban J connectivity index is 2.10. The van der Waals surface area contributed by atoms with Crippen LogP contribution >= 0.6 is 0 Å². The molecule has 3 aromatic rings. The highest BCUT2D eigenvalue weighted by Gasteiger charge is 2.33. The van der Waals surface area contributed by atoms with Gasteiger partial charge in [-0.25, -0.2) is 9.78 Å². The number of pyridine rings is 1. The highest BCUT2D eigenvalue weighted by molar-refractivity contribution is 6.06. The van der Waals surface area contributed by atoms with E-state index in [0.29, 0.717) is 6.07 Å². The molecule has 0 amide bonds. The second-order valence-electron chi connectivity index (χ2n) is 5.69. The number of nitro benzene ring substituents is 1. The average Bonchev–Trinajstić information content (AvgIpc) is 2.67. The van der Waals surface area contributed by atoms with Crippen LogP contribution in [0.5, 0.6) is 11.5 Å². The molecule has 0 fully saturated rings. The summed E-state index contributed by atoms with van der Waals surface area (Å²) in [7, 11) is 0. The molecule has 0 spiro atoms. The molecular weight excluding hydrogens is 419 g/mol. The number of ether oxygens (including phenoxy) is 2. The van der Waals surface area contributed by atoms with Gasteiger partial charge >= 0.3 is 24.4 Å². The Morgan fingerprint density at radius 1 is 1.03 bits per heavy atom. The van der Waals surface area contributed by atoms with Gasteiger partial charge in [0.25, 0.3) is 0 Å². The number of para-hydroxylation sites is 2. The van der Waals surface area contributed by atoms with Crippen molar-refractivity contribution in [1.82, 2.24) is 4.98 Å². The van der Waals surface area contributed by atoms with Gasteiger partial charge < -0.3 is 9.47 Å². The lowest BCUT2D eigenvalue weighted by Gasteiger charge is -2.13. The maximum atomic E-state index is 13.0. The fourth-order valence-electron chi connectivity index (χ4n) is 2.57. The average molecular weight is 428 g/mol. The molecule has 0 saturated heterocycles. The van der Waals surface area contributed by atoms with Crippen LogP contribution < -0.4 is 9.47 Å². The maximum absolute atomic E-state index is 13.0. The molecule has 30 heavy (non-hydrogen) atoms. The summed E-state index contributed by atoms with van der Waals surface area (Å²) in [5.41, 5.74) is -2.92. The minimum atomic E-state index is -4.88. The van der Waals surface area contributed by atoms with Crippen molar-refractivity contribution in [3.63, 3.8) is 0 Å². The first kappa shape index (κ1) is 20.9. The van der Waals surface area contributed by atoms with Crippen molar-refractivity contribution in [1.29, 1.82) is 0 Å². The van der Waals surface area contributed by atoms with E-state index in [1.807, 2.05) is 0 Å². The van der Waals surface area contributed by atoms with Gasteiger partial charge in [-0.05, 0) is 30.3 Å². The highest BCUT2D eigenvalue weighted by Crippen LogP contribution is 2.35. The van der Waals surface area contributed by atoms with Crippen LogP contribution in [-0.4, -0.2) is 22.5 Å². The molecule has 0 saturated carbocycles. The third-order valence-corrected chi connectivity index (χ3v) is 3.81. The maximum Gasteiger partial charge on any atom is 0.433 e. The van der Waals surface area contributed by atoms with Crippen LogP contribution in [0.3, 0.4) is 0 Å². The van der Waals surface area contributed by atoms with Crippen LogP contribution in [0.15, 0.2) is 48.5 Å². The van der Waals surface area contributed by atoms with Crippen molar-refractivity contribution in [2.45, 2.75) is 12.8 Å². The molecular formula is C18H9F5N2O5. The van der Waals surface area contributed by atoms with Gasteiger partial charge in [0, 0.05) is 11.5 Å². The van der Waals surface area contributed by atoms with Crippen molar-refractivity contribution in [2.75, 3.05) is 0 Å². The summed E-state index contributed by atoms with van der Waals surface area (Å²) in [5.74, 6) is -2.26. The van der Waals surface area contributed by atoms with Crippen molar-refractivity contribution >= 4 is 22.6 Å². The van der Waals surface area contributed by atoms with E-state index in [1.165, 1.54) is 12.1 Å². The molecule has 0 aliphatic rings. The normalized spacial score (nSPS) is 11.5. The van der Waals surface area contributed by atoms with Gasteiger partial charge in [0.2, 0.25) is 5.75 Å². The van der Waals surface area contributed by atoms with E-state index in [2.05, 4.69) is 9.72 Å². The quantitative estimate of drug-likeness (QED) is 0.187. The lowest BCUT2D eigenvalue weighted by molar-refractivity contribution is -0.385. The molecule has 12 heteroatoms. The van der Waals surface area contributed by atoms with Crippen molar-refractivity contribution in [3.05, 3.63) is 69.9 Å². The van der Waals surface area contributed by atoms with Crippen LogP contribution in [0.25, 0.3) is 10.9 Å². The summed E-state index contributed by atoms with van der Waals surface area (Å²) in [6.07, 6.45) is -4.88. The van der Waals surface area contributed by atoms with E-state index in [-0.39, 0.29) is 10.9 Å². The van der Waals surface area contributed by atoms with Crippen LogP contribution in [0.1, 0.15) is 16.1 Å². The molecule has 0 unspecified atom stereocenters. The number of nitrogens with zero attached hydrogens (tertiary/aromatic N) is 2. The number of nitro groups is 1. The first-order valence-electron chi connectivity index (χ1n) is 7.99. The molecule has 0 aliphatic heterocycles. The van der Waals surface area contributed by atoms with E-state index in [4.69, 9.17) is 4.74 Å². The third-order valence-electron chi connectivity index (χ3n) is 3.81. The Morgan fingerprint density at radius 3 is 2.37 bits per heavy atom. The largest absolute Gasteiger partial charge is 0.433 e. The first-order valence-corrected chi connectivity index (χ1v) is 7.99. The number of rotatable bonds is 5. The van der Waals surface area contributed by atoms with E-state index in [1.54, 1.807) is 0 Å². The second kappa shape index (κ2) is 7.89. The molecule has 2 aromatic carbocycles. The molecule has 156 valence electrons. The number of benzene rings is 2. The fourth-order valence-corrected chi connectivity index (χ4v) is 2.57. The summed E-state index contributed by atoms with van der Waals surface area (Å²) in [6, 6.07) is 8.14.